The second-order valence-corrected chi connectivity index (χ2v) is 6.96. The average molecular weight is 372 g/mol. The summed E-state index contributed by atoms with van der Waals surface area (Å²) < 4.78 is 0. The van der Waals surface area contributed by atoms with Gasteiger partial charge in [0.1, 0.15) is 0 Å². The van der Waals surface area contributed by atoms with Crippen LogP contribution in [0.1, 0.15) is 5.56 Å². The van der Waals surface area contributed by atoms with Crippen molar-refractivity contribution in [1.82, 2.24) is 0 Å². The Hall–Kier alpha value is -3.91. The maximum absolute atomic E-state index is 4.94. The Morgan fingerprint density at radius 2 is 0.966 bits per heavy atom. The van der Waals surface area contributed by atoms with Crippen LogP contribution >= 0.6 is 0 Å². The molecule has 0 heterocycles. The molecular formula is C27H20N2. The first kappa shape index (κ1) is 17.2. The Balaban J connectivity index is 1.70. The Labute approximate surface area is 170 Å². The summed E-state index contributed by atoms with van der Waals surface area (Å²) in [5.74, 6) is 0. The van der Waals surface area contributed by atoms with Crippen LogP contribution < -0.4 is 5.01 Å². The van der Waals surface area contributed by atoms with E-state index >= 15 is 0 Å². The van der Waals surface area contributed by atoms with Crippen LogP contribution in [-0.4, -0.2) is 6.21 Å². The van der Waals surface area contributed by atoms with Gasteiger partial charge in [-0.05, 0) is 51.9 Å². The van der Waals surface area contributed by atoms with Gasteiger partial charge in [-0.1, -0.05) is 84.9 Å². The number of para-hydroxylation sites is 2. The fraction of sp³-hybridized carbons (Fsp3) is 0. The van der Waals surface area contributed by atoms with Gasteiger partial charge in [0, 0.05) is 5.56 Å². The monoisotopic (exact) mass is 372 g/mol. The van der Waals surface area contributed by atoms with Gasteiger partial charge in [0.05, 0.1) is 17.6 Å². The third-order valence-electron chi connectivity index (χ3n) is 5.12. The second-order valence-electron chi connectivity index (χ2n) is 6.96. The Kier molecular flexibility index (Phi) is 4.51. The van der Waals surface area contributed by atoms with E-state index in [1.54, 1.807) is 0 Å². The van der Waals surface area contributed by atoms with Crippen LogP contribution in [0.2, 0.25) is 0 Å². The quantitative estimate of drug-likeness (QED) is 0.185. The largest absolute Gasteiger partial charge is 0.234 e. The lowest BCUT2D eigenvalue weighted by Crippen LogP contribution is -2.09. The molecule has 2 nitrogen and oxygen atoms in total. The number of benzene rings is 5. The zero-order valence-electron chi connectivity index (χ0n) is 15.9. The molecule has 0 saturated heterocycles. The summed E-state index contributed by atoms with van der Waals surface area (Å²) in [5, 5.41) is 11.8. The standard InChI is InChI=1S/C27H20N2/c1-3-13-23(14-4-1)29(24-15-5-2-6-16-24)28-20-27-25-17-9-7-11-21(25)19-22-12-8-10-18-26(22)27/h1-20H. The van der Waals surface area contributed by atoms with E-state index in [2.05, 4.69) is 78.9 Å². The third kappa shape index (κ3) is 3.37. The molecule has 0 saturated carbocycles. The number of fused-ring (bicyclic) bond motifs is 2. The summed E-state index contributed by atoms with van der Waals surface area (Å²) in [6.45, 7) is 0. The summed E-state index contributed by atoms with van der Waals surface area (Å²) in [4.78, 5) is 0. The molecule has 138 valence electrons. The van der Waals surface area contributed by atoms with Gasteiger partial charge in [0.2, 0.25) is 0 Å². The van der Waals surface area contributed by atoms with Crippen LogP contribution in [-0.2, 0) is 0 Å². The predicted octanol–water partition coefficient (Wildman–Crippen LogP) is 7.17. The molecule has 0 atom stereocenters. The first-order chi connectivity index (χ1) is 14.4. The van der Waals surface area contributed by atoms with E-state index in [1.165, 1.54) is 21.5 Å². The van der Waals surface area contributed by atoms with E-state index in [0.717, 1.165) is 16.9 Å². The molecule has 0 radical (unpaired) electrons. The van der Waals surface area contributed by atoms with Crippen molar-refractivity contribution in [2.24, 2.45) is 5.10 Å². The third-order valence-corrected chi connectivity index (χ3v) is 5.12. The maximum Gasteiger partial charge on any atom is 0.0652 e. The summed E-state index contributed by atoms with van der Waals surface area (Å²) in [7, 11) is 0. The van der Waals surface area contributed by atoms with Crippen LogP contribution in [0, 0.1) is 0 Å². The molecule has 0 fully saturated rings. The lowest BCUT2D eigenvalue weighted by molar-refractivity contribution is 1.09. The first-order valence-electron chi connectivity index (χ1n) is 9.75. The number of hydrazone groups is 1. The van der Waals surface area contributed by atoms with Crippen molar-refractivity contribution in [2.75, 3.05) is 5.01 Å². The highest BCUT2D eigenvalue weighted by molar-refractivity contribution is 6.13. The summed E-state index contributed by atoms with van der Waals surface area (Å²) in [6, 6.07) is 39.7. The molecule has 0 N–H and O–H groups in total. The Morgan fingerprint density at radius 3 is 1.48 bits per heavy atom. The van der Waals surface area contributed by atoms with Gasteiger partial charge < -0.3 is 0 Å². The van der Waals surface area contributed by atoms with E-state index in [4.69, 9.17) is 5.10 Å². The molecule has 0 aliphatic carbocycles. The number of rotatable bonds is 4. The van der Waals surface area contributed by atoms with Crippen LogP contribution in [0.3, 0.4) is 0 Å². The zero-order valence-corrected chi connectivity index (χ0v) is 15.9. The van der Waals surface area contributed by atoms with Crippen LogP contribution in [0.5, 0.6) is 0 Å². The SMILES string of the molecule is C(=NN(c1ccccc1)c1ccccc1)c1c2ccccc2cc2ccccc12. The van der Waals surface area contributed by atoms with E-state index in [1.807, 2.05) is 47.6 Å². The molecule has 29 heavy (non-hydrogen) atoms. The van der Waals surface area contributed by atoms with Crippen molar-refractivity contribution in [3.05, 3.63) is 121 Å². The number of hydrogen-bond donors (Lipinski definition) is 0. The minimum Gasteiger partial charge on any atom is -0.234 e. The van der Waals surface area contributed by atoms with Crippen molar-refractivity contribution in [3.63, 3.8) is 0 Å². The summed E-state index contributed by atoms with van der Waals surface area (Å²) in [5.41, 5.74) is 3.19. The second kappa shape index (κ2) is 7.61. The van der Waals surface area contributed by atoms with Crippen LogP contribution in [0.4, 0.5) is 11.4 Å². The van der Waals surface area contributed by atoms with Gasteiger partial charge in [0.15, 0.2) is 0 Å². The van der Waals surface area contributed by atoms with Gasteiger partial charge in [-0.2, -0.15) is 5.10 Å². The summed E-state index contributed by atoms with van der Waals surface area (Å²) in [6.07, 6.45) is 1.99. The van der Waals surface area contributed by atoms with Crippen molar-refractivity contribution in [1.29, 1.82) is 0 Å². The highest BCUT2D eigenvalue weighted by Crippen LogP contribution is 2.29. The Morgan fingerprint density at radius 1 is 0.517 bits per heavy atom. The van der Waals surface area contributed by atoms with Crippen molar-refractivity contribution in [2.45, 2.75) is 0 Å². The number of hydrogen-bond acceptors (Lipinski definition) is 2. The van der Waals surface area contributed by atoms with Crippen molar-refractivity contribution < 1.29 is 0 Å². The van der Waals surface area contributed by atoms with E-state index in [-0.39, 0.29) is 0 Å². The van der Waals surface area contributed by atoms with E-state index in [0.29, 0.717) is 0 Å². The topological polar surface area (TPSA) is 15.6 Å². The molecule has 2 heteroatoms. The Bertz CT molecular complexity index is 1200. The van der Waals surface area contributed by atoms with Gasteiger partial charge in [-0.3, -0.25) is 0 Å². The lowest BCUT2D eigenvalue weighted by Gasteiger charge is -2.19. The van der Waals surface area contributed by atoms with Gasteiger partial charge >= 0.3 is 0 Å². The molecule has 0 amide bonds. The summed E-state index contributed by atoms with van der Waals surface area (Å²) >= 11 is 0. The predicted molar refractivity (Wildman–Crippen MR) is 124 cm³/mol. The van der Waals surface area contributed by atoms with Gasteiger partial charge in [-0.15, -0.1) is 0 Å². The molecule has 0 aromatic heterocycles. The van der Waals surface area contributed by atoms with Gasteiger partial charge in [0.25, 0.3) is 0 Å². The lowest BCUT2D eigenvalue weighted by atomic mass is 9.97. The van der Waals surface area contributed by atoms with Crippen LogP contribution in [0.25, 0.3) is 21.5 Å². The zero-order chi connectivity index (χ0) is 19.5. The highest BCUT2D eigenvalue weighted by atomic mass is 15.5. The molecule has 5 rings (SSSR count). The first-order valence-corrected chi connectivity index (χ1v) is 9.75. The van der Waals surface area contributed by atoms with Crippen molar-refractivity contribution >= 4 is 39.1 Å². The maximum atomic E-state index is 4.94. The molecule has 0 bridgehead atoms. The smallest absolute Gasteiger partial charge is 0.0652 e. The average Bonchev–Trinajstić information content (AvgIpc) is 2.80. The molecular weight excluding hydrogens is 352 g/mol. The molecule has 0 unspecified atom stereocenters. The van der Waals surface area contributed by atoms with Crippen LogP contribution in [0.15, 0.2) is 120 Å². The van der Waals surface area contributed by atoms with Gasteiger partial charge in [-0.25, -0.2) is 5.01 Å². The fourth-order valence-corrected chi connectivity index (χ4v) is 3.72. The molecule has 5 aromatic rings. The highest BCUT2D eigenvalue weighted by Gasteiger charge is 2.09. The molecule has 0 spiro atoms. The molecule has 5 aromatic carbocycles. The van der Waals surface area contributed by atoms with E-state index < -0.39 is 0 Å². The van der Waals surface area contributed by atoms with Crippen molar-refractivity contribution in [3.8, 4) is 0 Å². The number of anilines is 2. The molecule has 0 aliphatic rings. The normalized spacial score (nSPS) is 11.3. The number of nitrogens with zero attached hydrogens (tertiary/aromatic N) is 2. The van der Waals surface area contributed by atoms with E-state index in [9.17, 15) is 0 Å². The minimum absolute atomic E-state index is 1.03. The molecule has 0 aliphatic heterocycles. The fourth-order valence-electron chi connectivity index (χ4n) is 3.72. The minimum atomic E-state index is 1.03.